The molecule has 0 saturated carbocycles. The monoisotopic (exact) mass is 498 g/mol. The van der Waals surface area contributed by atoms with Crippen molar-refractivity contribution < 1.29 is 13.2 Å². The van der Waals surface area contributed by atoms with Crippen LogP contribution in [0.2, 0.25) is 10.0 Å². The molecule has 0 saturated heterocycles. The van der Waals surface area contributed by atoms with E-state index in [0.29, 0.717) is 15.2 Å². The van der Waals surface area contributed by atoms with E-state index in [1.807, 2.05) is 0 Å². The molecule has 3 aromatic carbocycles. The lowest BCUT2D eigenvalue weighted by atomic mass is 10.2. The first-order chi connectivity index (χ1) is 13.3. The second-order valence-electron chi connectivity index (χ2n) is 5.70. The lowest BCUT2D eigenvalue weighted by molar-refractivity contribution is 0.102. The maximum Gasteiger partial charge on any atom is 0.261 e. The van der Waals surface area contributed by atoms with Crippen molar-refractivity contribution in [2.75, 3.05) is 10.0 Å². The van der Waals surface area contributed by atoms with Crippen LogP contribution in [0.5, 0.6) is 0 Å². The lowest BCUT2D eigenvalue weighted by Crippen LogP contribution is -2.14. The van der Waals surface area contributed by atoms with Crippen LogP contribution < -0.4 is 10.0 Å². The highest BCUT2D eigenvalue weighted by molar-refractivity contribution is 9.10. The van der Waals surface area contributed by atoms with Crippen molar-refractivity contribution in [1.29, 1.82) is 0 Å². The topological polar surface area (TPSA) is 75.3 Å². The van der Waals surface area contributed by atoms with Gasteiger partial charge < -0.3 is 5.32 Å². The number of amides is 1. The first-order valence-corrected chi connectivity index (χ1v) is 10.9. The van der Waals surface area contributed by atoms with Gasteiger partial charge in [0.1, 0.15) is 0 Å². The van der Waals surface area contributed by atoms with Crippen LogP contribution in [0.15, 0.2) is 76.1 Å². The van der Waals surface area contributed by atoms with Crippen molar-refractivity contribution in [1.82, 2.24) is 0 Å². The molecule has 0 aliphatic heterocycles. The van der Waals surface area contributed by atoms with Gasteiger partial charge in [0.15, 0.2) is 0 Å². The summed E-state index contributed by atoms with van der Waals surface area (Å²) in [7, 11) is -3.75. The molecule has 0 heterocycles. The second-order valence-corrected chi connectivity index (χ2v) is 9.05. The predicted molar refractivity (Wildman–Crippen MR) is 116 cm³/mol. The molecule has 0 fully saturated rings. The number of sulfonamides is 1. The van der Waals surface area contributed by atoms with E-state index in [2.05, 4.69) is 26.0 Å². The third-order valence-electron chi connectivity index (χ3n) is 3.70. The number of halogens is 3. The van der Waals surface area contributed by atoms with Crippen molar-refractivity contribution in [3.05, 3.63) is 86.8 Å². The van der Waals surface area contributed by atoms with Crippen LogP contribution >= 0.6 is 39.1 Å². The molecular weight excluding hydrogens is 487 g/mol. The van der Waals surface area contributed by atoms with Gasteiger partial charge in [0.05, 0.1) is 26.2 Å². The smallest absolute Gasteiger partial charge is 0.261 e. The minimum absolute atomic E-state index is 0.106. The highest BCUT2D eigenvalue weighted by Crippen LogP contribution is 2.27. The Bertz CT molecular complexity index is 1140. The van der Waals surface area contributed by atoms with Crippen LogP contribution in [0.25, 0.3) is 0 Å². The summed E-state index contributed by atoms with van der Waals surface area (Å²) in [6, 6.07) is 17.2. The van der Waals surface area contributed by atoms with Crippen molar-refractivity contribution in [2.45, 2.75) is 4.90 Å². The highest BCUT2D eigenvalue weighted by atomic mass is 79.9. The van der Waals surface area contributed by atoms with Gasteiger partial charge in [-0.25, -0.2) is 8.42 Å². The Morgan fingerprint density at radius 2 is 1.50 bits per heavy atom. The van der Waals surface area contributed by atoms with E-state index in [9.17, 15) is 13.2 Å². The highest BCUT2D eigenvalue weighted by Gasteiger charge is 2.16. The number of benzene rings is 3. The number of carbonyl (C=O) groups excluding carboxylic acids is 1. The second kappa shape index (κ2) is 8.53. The molecule has 0 bridgehead atoms. The van der Waals surface area contributed by atoms with Crippen LogP contribution in [-0.2, 0) is 10.0 Å². The van der Waals surface area contributed by atoms with Crippen molar-refractivity contribution in [2.24, 2.45) is 0 Å². The van der Waals surface area contributed by atoms with Crippen LogP contribution in [-0.4, -0.2) is 14.3 Å². The molecule has 0 spiro atoms. The quantitative estimate of drug-likeness (QED) is 0.465. The molecule has 0 radical (unpaired) electrons. The average Bonchev–Trinajstić information content (AvgIpc) is 2.65. The van der Waals surface area contributed by atoms with Gasteiger partial charge in [0.25, 0.3) is 15.9 Å². The summed E-state index contributed by atoms with van der Waals surface area (Å²) in [5, 5.41) is 3.25. The summed E-state index contributed by atoms with van der Waals surface area (Å²) in [5.74, 6) is -0.444. The maximum absolute atomic E-state index is 12.5. The van der Waals surface area contributed by atoms with Crippen molar-refractivity contribution >= 4 is 66.4 Å². The van der Waals surface area contributed by atoms with Gasteiger partial charge >= 0.3 is 0 Å². The summed E-state index contributed by atoms with van der Waals surface area (Å²) in [4.78, 5) is 12.6. The summed E-state index contributed by atoms with van der Waals surface area (Å²) < 4.78 is 27.9. The van der Waals surface area contributed by atoms with E-state index in [1.165, 1.54) is 30.3 Å². The molecule has 3 rings (SSSR count). The SMILES string of the molecule is O=C(Nc1ccc(Br)c(Cl)c1)c1ccc(NS(=O)(=O)c2ccccc2)cc1Cl. The molecule has 5 nitrogen and oxygen atoms in total. The molecule has 0 aromatic heterocycles. The molecule has 9 heteroatoms. The molecule has 0 aliphatic rings. The van der Waals surface area contributed by atoms with E-state index in [0.717, 1.165) is 0 Å². The third kappa shape index (κ3) is 4.86. The Labute approximate surface area is 180 Å². The van der Waals surface area contributed by atoms with Gasteiger partial charge in [-0.15, -0.1) is 0 Å². The first-order valence-electron chi connectivity index (χ1n) is 7.90. The van der Waals surface area contributed by atoms with Gasteiger partial charge in [-0.3, -0.25) is 9.52 Å². The minimum Gasteiger partial charge on any atom is -0.322 e. The number of rotatable bonds is 5. The Morgan fingerprint density at radius 3 is 2.14 bits per heavy atom. The van der Waals surface area contributed by atoms with Crippen LogP contribution in [0.3, 0.4) is 0 Å². The predicted octanol–water partition coefficient (Wildman–Crippen LogP) is 5.81. The average molecular weight is 500 g/mol. The largest absolute Gasteiger partial charge is 0.322 e. The Kier molecular flexibility index (Phi) is 6.30. The van der Waals surface area contributed by atoms with Crippen LogP contribution in [0.4, 0.5) is 11.4 Å². The van der Waals surface area contributed by atoms with E-state index in [1.54, 1.807) is 36.4 Å². The summed E-state index contributed by atoms with van der Waals surface area (Å²) >= 11 is 15.5. The molecule has 0 aliphatic carbocycles. The third-order valence-corrected chi connectivity index (χ3v) is 6.64. The number of hydrogen-bond donors (Lipinski definition) is 2. The zero-order chi connectivity index (χ0) is 20.3. The van der Waals surface area contributed by atoms with E-state index in [4.69, 9.17) is 23.2 Å². The molecule has 3 aromatic rings. The molecule has 0 unspecified atom stereocenters. The first kappa shape index (κ1) is 20.7. The van der Waals surface area contributed by atoms with Gasteiger partial charge in [-0.05, 0) is 64.5 Å². The molecule has 28 heavy (non-hydrogen) atoms. The number of hydrogen-bond acceptors (Lipinski definition) is 3. The number of anilines is 2. The Balaban J connectivity index is 1.78. The van der Waals surface area contributed by atoms with Gasteiger partial charge in [-0.2, -0.15) is 0 Å². The zero-order valence-corrected chi connectivity index (χ0v) is 18.0. The molecule has 144 valence electrons. The fraction of sp³-hybridized carbons (Fsp3) is 0. The maximum atomic E-state index is 12.5. The fourth-order valence-corrected chi connectivity index (χ4v) is 4.11. The Hall–Kier alpha value is -2.06. The van der Waals surface area contributed by atoms with Gasteiger partial charge in [0, 0.05) is 10.2 Å². The van der Waals surface area contributed by atoms with E-state index < -0.39 is 15.9 Å². The molecular formula is C19H13BrCl2N2O3S. The summed E-state index contributed by atoms with van der Waals surface area (Å²) in [6.07, 6.45) is 0. The molecule has 1 amide bonds. The van der Waals surface area contributed by atoms with E-state index in [-0.39, 0.29) is 21.2 Å². The van der Waals surface area contributed by atoms with Gasteiger partial charge in [-0.1, -0.05) is 41.4 Å². The van der Waals surface area contributed by atoms with Crippen LogP contribution in [0, 0.1) is 0 Å². The Morgan fingerprint density at radius 1 is 0.857 bits per heavy atom. The number of carbonyl (C=O) groups is 1. The minimum atomic E-state index is -3.75. The van der Waals surface area contributed by atoms with Gasteiger partial charge in [0.2, 0.25) is 0 Å². The van der Waals surface area contributed by atoms with Crippen molar-refractivity contribution in [3.8, 4) is 0 Å². The van der Waals surface area contributed by atoms with Crippen molar-refractivity contribution in [3.63, 3.8) is 0 Å². The standard InChI is InChI=1S/C19H13BrCl2N2O3S/c20-16-9-7-12(10-18(16)22)23-19(25)15-8-6-13(11-17(15)21)24-28(26,27)14-4-2-1-3-5-14/h1-11,24H,(H,23,25). The summed E-state index contributed by atoms with van der Waals surface area (Å²) in [5.41, 5.74) is 0.948. The zero-order valence-electron chi connectivity index (χ0n) is 14.1. The van der Waals surface area contributed by atoms with E-state index >= 15 is 0 Å². The van der Waals surface area contributed by atoms with Crippen LogP contribution in [0.1, 0.15) is 10.4 Å². The number of nitrogens with one attached hydrogen (secondary N) is 2. The lowest BCUT2D eigenvalue weighted by Gasteiger charge is -2.11. The fourth-order valence-electron chi connectivity index (χ4n) is 2.35. The molecule has 0 atom stereocenters. The summed E-state index contributed by atoms with van der Waals surface area (Å²) in [6.45, 7) is 0. The normalized spacial score (nSPS) is 11.1. The molecule has 2 N–H and O–H groups in total.